The van der Waals surface area contributed by atoms with Gasteiger partial charge >= 0.3 is 11.9 Å². The summed E-state index contributed by atoms with van der Waals surface area (Å²) >= 11 is 0. The normalized spacial score (nSPS) is 9.69. The number of phenols is 2. The molecule has 3 aromatic rings. The Morgan fingerprint density at radius 1 is 0.743 bits per heavy atom. The number of carboxylic acid groups (broad SMARTS) is 2. The average Bonchev–Trinajstić information content (AvgIpc) is 2.83. The highest BCUT2D eigenvalue weighted by Crippen LogP contribution is 2.25. The molecule has 3 aromatic carbocycles. The summed E-state index contributed by atoms with van der Waals surface area (Å²) in [6, 6.07) is 19.4. The van der Waals surface area contributed by atoms with E-state index in [9.17, 15) is 18.0 Å². The van der Waals surface area contributed by atoms with Gasteiger partial charge in [-0.05, 0) is 49.5 Å². The van der Waals surface area contributed by atoms with Crippen molar-refractivity contribution in [2.75, 3.05) is 13.1 Å². The third-order valence-electron chi connectivity index (χ3n) is 3.76. The van der Waals surface area contributed by atoms with Crippen molar-refractivity contribution in [3.63, 3.8) is 0 Å². The summed E-state index contributed by atoms with van der Waals surface area (Å²) in [7, 11) is -4.47. The number of aromatic carboxylic acids is 2. The zero-order valence-corrected chi connectivity index (χ0v) is 20.0. The molecule has 190 valence electrons. The van der Waals surface area contributed by atoms with Crippen molar-refractivity contribution in [1.29, 1.82) is 0 Å². The molecule has 0 spiro atoms. The molecule has 0 radical (unpaired) electrons. The lowest BCUT2D eigenvalue weighted by Gasteiger charge is -2.00. The van der Waals surface area contributed by atoms with E-state index < -0.39 is 32.7 Å². The zero-order valence-electron chi connectivity index (χ0n) is 19.2. The Balaban J connectivity index is 0.000000458. The maximum Gasteiger partial charge on any atom is 0.335 e. The van der Waals surface area contributed by atoms with Gasteiger partial charge in [-0.2, -0.15) is 8.42 Å². The number of hydrogen-bond donors (Lipinski definition) is 6. The van der Waals surface area contributed by atoms with E-state index in [1.54, 1.807) is 60.7 Å². The smallest absolute Gasteiger partial charge is 0.335 e. The Morgan fingerprint density at radius 3 is 1.37 bits per heavy atom. The second-order valence-electron chi connectivity index (χ2n) is 6.43. The minimum atomic E-state index is -4.47. The van der Waals surface area contributed by atoms with Crippen LogP contribution in [0.1, 0.15) is 34.6 Å². The topological polar surface area (TPSA) is 181 Å². The van der Waals surface area contributed by atoms with Gasteiger partial charge in [-0.25, -0.2) is 9.59 Å². The summed E-state index contributed by atoms with van der Waals surface area (Å²) in [5.74, 6) is -2.71. The molecular weight excluding hydrogens is 478 g/mol. The van der Waals surface area contributed by atoms with Crippen LogP contribution in [-0.4, -0.2) is 58.4 Å². The van der Waals surface area contributed by atoms with Crippen molar-refractivity contribution in [3.05, 3.63) is 90.0 Å². The Labute approximate surface area is 203 Å². The Bertz CT molecular complexity index is 1080. The minimum Gasteiger partial charge on any atom is -0.508 e. The predicted octanol–water partition coefficient (Wildman–Crippen LogP) is 3.73. The molecule has 6 N–H and O–H groups in total. The van der Waals surface area contributed by atoms with Crippen LogP contribution in [-0.2, 0) is 10.1 Å². The number of phenolic OH excluding ortho intramolecular Hbond substituents is 2. The highest BCUT2D eigenvalue weighted by Gasteiger charge is 2.15. The van der Waals surface area contributed by atoms with Gasteiger partial charge in [0.15, 0.2) is 0 Å². The van der Waals surface area contributed by atoms with Gasteiger partial charge in [0.1, 0.15) is 16.4 Å². The number of carbonyl (C=O) groups is 2. The molecule has 0 aromatic heterocycles. The molecular formula is C24H29NO9S. The van der Waals surface area contributed by atoms with Crippen LogP contribution >= 0.6 is 0 Å². The Morgan fingerprint density at radius 2 is 1.14 bits per heavy atom. The maximum absolute atomic E-state index is 10.5. The molecule has 0 heterocycles. The molecule has 0 bridgehead atoms. The first-order valence-electron chi connectivity index (χ1n) is 10.2. The number of hydrogen-bond acceptors (Lipinski definition) is 7. The number of benzene rings is 3. The fraction of sp³-hybridized carbons (Fsp3) is 0.167. The quantitative estimate of drug-likeness (QED) is 0.220. The van der Waals surface area contributed by atoms with Gasteiger partial charge in [0.25, 0.3) is 10.1 Å². The Hall–Kier alpha value is -3.93. The van der Waals surface area contributed by atoms with Crippen LogP contribution in [0, 0.1) is 0 Å². The van der Waals surface area contributed by atoms with E-state index in [2.05, 4.69) is 19.2 Å². The number of aromatic hydroxyl groups is 2. The van der Waals surface area contributed by atoms with Gasteiger partial charge < -0.3 is 25.7 Å². The predicted molar refractivity (Wildman–Crippen MR) is 131 cm³/mol. The second-order valence-corrected chi connectivity index (χ2v) is 7.82. The van der Waals surface area contributed by atoms with E-state index in [-0.39, 0.29) is 5.75 Å². The fourth-order valence-electron chi connectivity index (χ4n) is 2.12. The molecule has 0 fully saturated rings. The summed E-state index contributed by atoms with van der Waals surface area (Å²) in [5.41, 5.74) is 0.662. The zero-order chi connectivity index (χ0) is 26.9. The van der Waals surface area contributed by atoms with Gasteiger partial charge in [-0.3, -0.25) is 4.55 Å². The van der Waals surface area contributed by atoms with Crippen LogP contribution in [0.5, 0.6) is 11.5 Å². The fourth-order valence-corrected chi connectivity index (χ4v) is 2.72. The lowest BCUT2D eigenvalue weighted by atomic mass is 10.2. The van der Waals surface area contributed by atoms with E-state index in [1.807, 2.05) is 0 Å². The van der Waals surface area contributed by atoms with Crippen LogP contribution in [0.4, 0.5) is 0 Å². The first kappa shape index (κ1) is 31.1. The lowest BCUT2D eigenvalue weighted by Crippen LogP contribution is -2.09. The molecule has 0 amide bonds. The van der Waals surface area contributed by atoms with Crippen LogP contribution in [0.25, 0.3) is 0 Å². The summed E-state index contributed by atoms with van der Waals surface area (Å²) in [6.07, 6.45) is 0. The molecule has 11 heteroatoms. The van der Waals surface area contributed by atoms with Crippen molar-refractivity contribution >= 4 is 22.1 Å². The number of carboxylic acids is 2. The third-order valence-corrected chi connectivity index (χ3v) is 4.65. The van der Waals surface area contributed by atoms with E-state index >= 15 is 0 Å². The molecule has 35 heavy (non-hydrogen) atoms. The largest absolute Gasteiger partial charge is 0.508 e. The first-order chi connectivity index (χ1) is 16.4. The second kappa shape index (κ2) is 16.6. The summed E-state index contributed by atoms with van der Waals surface area (Å²) in [6.45, 7) is 6.39. The van der Waals surface area contributed by atoms with Gasteiger partial charge in [-0.15, -0.1) is 0 Å². The minimum absolute atomic E-state index is 0.331. The summed E-state index contributed by atoms with van der Waals surface area (Å²) < 4.78 is 29.5. The van der Waals surface area contributed by atoms with Crippen LogP contribution < -0.4 is 5.32 Å². The molecule has 0 unspecified atom stereocenters. The van der Waals surface area contributed by atoms with E-state index in [0.717, 1.165) is 31.3 Å². The number of rotatable bonds is 5. The van der Waals surface area contributed by atoms with Gasteiger partial charge in [0.2, 0.25) is 0 Å². The monoisotopic (exact) mass is 507 g/mol. The van der Waals surface area contributed by atoms with Crippen LogP contribution in [0.3, 0.4) is 0 Å². The van der Waals surface area contributed by atoms with Crippen molar-refractivity contribution in [3.8, 4) is 11.5 Å². The van der Waals surface area contributed by atoms with Gasteiger partial charge in [-0.1, -0.05) is 50.2 Å². The van der Waals surface area contributed by atoms with Crippen molar-refractivity contribution in [2.24, 2.45) is 0 Å². The molecule has 0 atom stereocenters. The first-order valence-corrected chi connectivity index (χ1v) is 11.6. The molecule has 3 rings (SSSR count). The van der Waals surface area contributed by atoms with E-state index in [4.69, 9.17) is 25.0 Å². The van der Waals surface area contributed by atoms with Gasteiger partial charge in [0, 0.05) is 6.07 Å². The van der Waals surface area contributed by atoms with Crippen molar-refractivity contribution in [1.82, 2.24) is 5.32 Å². The SMILES string of the molecule is CCNCC.O=C(O)c1ccccc1.O=C(O)c1ccccc1.O=S(=O)(O)c1cc(O)ccc1O. The summed E-state index contributed by atoms with van der Waals surface area (Å²) in [5, 5.41) is 37.6. The molecule has 0 aliphatic heterocycles. The average molecular weight is 508 g/mol. The highest BCUT2D eigenvalue weighted by atomic mass is 32.2. The molecule has 0 aliphatic carbocycles. The van der Waals surface area contributed by atoms with E-state index in [1.165, 1.54) is 0 Å². The molecule has 0 saturated heterocycles. The highest BCUT2D eigenvalue weighted by molar-refractivity contribution is 7.86. The van der Waals surface area contributed by atoms with Crippen LogP contribution in [0.15, 0.2) is 83.8 Å². The van der Waals surface area contributed by atoms with Gasteiger partial charge in [0.05, 0.1) is 11.1 Å². The maximum atomic E-state index is 10.5. The van der Waals surface area contributed by atoms with Crippen LogP contribution in [0.2, 0.25) is 0 Å². The number of nitrogens with one attached hydrogen (secondary N) is 1. The Kier molecular flexibility index (Phi) is 14.8. The summed E-state index contributed by atoms with van der Waals surface area (Å²) in [4.78, 5) is 19.7. The lowest BCUT2D eigenvalue weighted by molar-refractivity contribution is 0.0686. The molecule has 0 aliphatic rings. The molecule has 0 saturated carbocycles. The van der Waals surface area contributed by atoms with Crippen molar-refractivity contribution < 1.29 is 43.0 Å². The standard InChI is InChI=1S/2C7H6O2.C6H6O5S.C4H11N/c2*8-7(9)6-4-2-1-3-5-6;7-4-1-2-5(8)6(3-4)12(9,10)11;1-3-5-4-2/h2*1-5H,(H,8,9);1-3,7-8H,(H,9,10,11);5H,3-4H2,1-2H3. The van der Waals surface area contributed by atoms with Crippen molar-refractivity contribution in [2.45, 2.75) is 18.7 Å². The van der Waals surface area contributed by atoms with E-state index in [0.29, 0.717) is 11.1 Å². The molecule has 10 nitrogen and oxygen atoms in total. The third kappa shape index (κ3) is 14.0.